The van der Waals surface area contributed by atoms with Gasteiger partial charge in [0.05, 0.1) is 30.8 Å². The first-order chi connectivity index (χ1) is 14.6. The van der Waals surface area contributed by atoms with Gasteiger partial charge in [-0.3, -0.25) is 14.4 Å². The molecule has 176 valence electrons. The maximum absolute atomic E-state index is 13.9. The summed E-state index contributed by atoms with van der Waals surface area (Å²) in [5.41, 5.74) is -1.87. The van der Waals surface area contributed by atoms with Crippen LogP contribution in [0, 0.1) is 17.8 Å². The zero-order valence-corrected chi connectivity index (χ0v) is 19.6. The summed E-state index contributed by atoms with van der Waals surface area (Å²) < 4.78 is 12.0. The summed E-state index contributed by atoms with van der Waals surface area (Å²) in [6.07, 6.45) is 2.25. The van der Waals surface area contributed by atoms with Crippen molar-refractivity contribution in [3.63, 3.8) is 0 Å². The molecule has 0 aliphatic carbocycles. The van der Waals surface area contributed by atoms with Gasteiger partial charge in [-0.25, -0.2) is 0 Å². The van der Waals surface area contributed by atoms with E-state index in [0.29, 0.717) is 25.7 Å². The number of esters is 1. The molecule has 8 nitrogen and oxygen atoms in total. The second-order valence-electron chi connectivity index (χ2n) is 9.96. The monoisotopic (exact) mass is 438 g/mol. The lowest BCUT2D eigenvalue weighted by molar-refractivity contribution is -0.162. The highest BCUT2D eigenvalue weighted by molar-refractivity contribution is 5.98. The van der Waals surface area contributed by atoms with Crippen molar-refractivity contribution in [1.82, 2.24) is 10.2 Å². The minimum Gasteiger partial charge on any atom is -0.466 e. The van der Waals surface area contributed by atoms with Gasteiger partial charge in [0.2, 0.25) is 11.8 Å². The van der Waals surface area contributed by atoms with Crippen LogP contribution in [-0.4, -0.2) is 70.3 Å². The molecule has 3 aliphatic rings. The number of nitrogens with zero attached hydrogens (tertiary/aromatic N) is 1. The Bertz CT molecular complexity index is 725. The van der Waals surface area contributed by atoms with Crippen LogP contribution in [0.4, 0.5) is 0 Å². The van der Waals surface area contributed by atoms with Crippen molar-refractivity contribution in [2.45, 2.75) is 96.6 Å². The van der Waals surface area contributed by atoms with E-state index in [1.807, 2.05) is 34.6 Å². The Kier molecular flexibility index (Phi) is 6.73. The topological polar surface area (TPSA) is 105 Å². The highest BCUT2D eigenvalue weighted by Gasteiger charge is 2.79. The second kappa shape index (κ2) is 8.70. The van der Waals surface area contributed by atoms with Gasteiger partial charge >= 0.3 is 5.97 Å². The highest BCUT2D eigenvalue weighted by Crippen LogP contribution is 2.64. The van der Waals surface area contributed by atoms with E-state index in [4.69, 9.17) is 9.47 Å². The lowest BCUT2D eigenvalue weighted by Gasteiger charge is -2.38. The second-order valence-corrected chi connectivity index (χ2v) is 9.96. The molecule has 1 spiro atoms. The molecule has 3 rings (SSSR count). The fourth-order valence-electron chi connectivity index (χ4n) is 6.12. The van der Waals surface area contributed by atoms with Crippen molar-refractivity contribution < 1.29 is 29.0 Å². The number of carbonyl (C=O) groups excluding carboxylic acids is 3. The van der Waals surface area contributed by atoms with Gasteiger partial charge in [0.1, 0.15) is 17.6 Å². The molecule has 2 bridgehead atoms. The average molecular weight is 439 g/mol. The number of amides is 2. The smallest absolute Gasteiger partial charge is 0.312 e. The van der Waals surface area contributed by atoms with E-state index < -0.39 is 41.1 Å². The number of nitrogens with one attached hydrogen (secondary N) is 1. The molecular weight excluding hydrogens is 400 g/mol. The molecule has 3 heterocycles. The first kappa shape index (κ1) is 24.0. The van der Waals surface area contributed by atoms with Crippen LogP contribution in [0.3, 0.4) is 0 Å². The third-order valence-corrected chi connectivity index (χ3v) is 7.19. The first-order valence-electron chi connectivity index (χ1n) is 11.7. The fraction of sp³-hybridized carbons (Fsp3) is 0.870. The molecule has 0 aromatic rings. The van der Waals surface area contributed by atoms with Gasteiger partial charge in [-0.2, -0.15) is 0 Å². The predicted octanol–water partition coefficient (Wildman–Crippen LogP) is 1.64. The van der Waals surface area contributed by atoms with E-state index in [9.17, 15) is 19.5 Å². The van der Waals surface area contributed by atoms with E-state index >= 15 is 0 Å². The molecule has 3 saturated heterocycles. The normalized spacial score (nSPS) is 35.1. The zero-order valence-electron chi connectivity index (χ0n) is 19.6. The number of carbonyl (C=O) groups is 3. The third kappa shape index (κ3) is 3.65. The first-order valence-corrected chi connectivity index (χ1v) is 11.7. The van der Waals surface area contributed by atoms with Gasteiger partial charge in [-0.1, -0.05) is 20.8 Å². The van der Waals surface area contributed by atoms with Gasteiger partial charge in [-0.05, 0) is 52.4 Å². The van der Waals surface area contributed by atoms with Crippen LogP contribution in [0.25, 0.3) is 0 Å². The Morgan fingerprint density at radius 1 is 1.26 bits per heavy atom. The summed E-state index contributed by atoms with van der Waals surface area (Å²) in [6.45, 7) is 11.4. The number of aliphatic hydroxyl groups excluding tert-OH is 1. The third-order valence-electron chi connectivity index (χ3n) is 7.19. The molecule has 0 saturated carbocycles. The quantitative estimate of drug-likeness (QED) is 0.530. The predicted molar refractivity (Wildman–Crippen MR) is 114 cm³/mol. The largest absolute Gasteiger partial charge is 0.466 e. The SMILES string of the molecule is CCOC(=O)[C@@H]1[C@H]2C(=O)N([C@@H](CO)CC(C)C)C(C(=O)NC(C)C)C23CC[C@@]1(CC)O3. The van der Waals surface area contributed by atoms with Crippen molar-refractivity contribution >= 4 is 17.8 Å². The fourth-order valence-corrected chi connectivity index (χ4v) is 6.12. The van der Waals surface area contributed by atoms with Crippen molar-refractivity contribution in [3.05, 3.63) is 0 Å². The Hall–Kier alpha value is -1.67. The van der Waals surface area contributed by atoms with Crippen LogP contribution in [0.5, 0.6) is 0 Å². The van der Waals surface area contributed by atoms with Crippen LogP contribution >= 0.6 is 0 Å². The summed E-state index contributed by atoms with van der Waals surface area (Å²) in [4.78, 5) is 41.9. The van der Waals surface area contributed by atoms with Gasteiger partial charge in [0.25, 0.3) is 0 Å². The Morgan fingerprint density at radius 3 is 2.45 bits per heavy atom. The average Bonchev–Trinajstić information content (AvgIpc) is 3.29. The molecule has 2 N–H and O–H groups in total. The van der Waals surface area contributed by atoms with Gasteiger partial charge in [-0.15, -0.1) is 0 Å². The van der Waals surface area contributed by atoms with E-state index in [1.54, 1.807) is 6.92 Å². The molecule has 0 aromatic heterocycles. The molecule has 0 radical (unpaired) electrons. The lowest BCUT2D eigenvalue weighted by Crippen LogP contribution is -2.59. The maximum Gasteiger partial charge on any atom is 0.312 e. The lowest BCUT2D eigenvalue weighted by atomic mass is 9.65. The number of aliphatic hydroxyl groups is 1. The Labute approximate surface area is 185 Å². The van der Waals surface area contributed by atoms with E-state index in [-0.39, 0.29) is 37.0 Å². The zero-order chi connectivity index (χ0) is 23.1. The van der Waals surface area contributed by atoms with Gasteiger partial charge in [0, 0.05) is 6.04 Å². The molecule has 6 atom stereocenters. The van der Waals surface area contributed by atoms with Gasteiger partial charge < -0.3 is 24.8 Å². The minimum atomic E-state index is -1.08. The van der Waals surface area contributed by atoms with Crippen molar-refractivity contribution in [2.75, 3.05) is 13.2 Å². The van der Waals surface area contributed by atoms with Crippen LogP contribution in [-0.2, 0) is 23.9 Å². The van der Waals surface area contributed by atoms with Crippen LogP contribution in [0.1, 0.15) is 67.2 Å². The number of rotatable bonds is 9. The summed E-state index contributed by atoms with van der Waals surface area (Å²) in [6, 6.07) is -1.51. The molecule has 3 fully saturated rings. The molecular formula is C23H38N2O6. The van der Waals surface area contributed by atoms with E-state index in [0.717, 1.165) is 0 Å². The van der Waals surface area contributed by atoms with Crippen LogP contribution < -0.4 is 5.32 Å². The maximum atomic E-state index is 13.9. The summed E-state index contributed by atoms with van der Waals surface area (Å²) >= 11 is 0. The summed E-state index contributed by atoms with van der Waals surface area (Å²) in [7, 11) is 0. The number of likely N-dealkylation sites (tertiary alicyclic amines) is 1. The standard InChI is InChI=1S/C23H38N2O6/c1-7-22-9-10-23(31-22)16(17(22)21(29)30-8-2)20(28)25(15(12-26)11-13(3)4)18(23)19(27)24-14(5)6/h13-18,26H,7-12H2,1-6H3,(H,24,27)/t15-,16+,17+,18?,22-,23?/m1/s1. The van der Waals surface area contributed by atoms with Crippen LogP contribution in [0.15, 0.2) is 0 Å². The Morgan fingerprint density at radius 2 is 1.94 bits per heavy atom. The van der Waals surface area contributed by atoms with Crippen molar-refractivity contribution in [3.8, 4) is 0 Å². The number of fused-ring (bicyclic) bond motifs is 1. The summed E-state index contributed by atoms with van der Waals surface area (Å²) in [5, 5.41) is 13.1. The minimum absolute atomic E-state index is 0.114. The molecule has 2 unspecified atom stereocenters. The molecule has 8 heteroatoms. The van der Waals surface area contributed by atoms with E-state index in [1.165, 1.54) is 4.90 Å². The number of hydrogen-bond donors (Lipinski definition) is 2. The highest BCUT2D eigenvalue weighted by atomic mass is 16.6. The molecule has 2 amide bonds. The summed E-state index contributed by atoms with van der Waals surface area (Å²) in [5.74, 6) is -2.29. The number of hydrogen-bond acceptors (Lipinski definition) is 6. The van der Waals surface area contributed by atoms with Gasteiger partial charge in [0.15, 0.2) is 0 Å². The molecule has 0 aromatic carbocycles. The van der Waals surface area contributed by atoms with E-state index in [2.05, 4.69) is 5.32 Å². The molecule has 31 heavy (non-hydrogen) atoms. The van der Waals surface area contributed by atoms with Crippen molar-refractivity contribution in [1.29, 1.82) is 0 Å². The van der Waals surface area contributed by atoms with Crippen molar-refractivity contribution in [2.24, 2.45) is 17.8 Å². The Balaban J connectivity index is 2.11. The number of ether oxygens (including phenoxy) is 2. The van der Waals surface area contributed by atoms with Crippen LogP contribution in [0.2, 0.25) is 0 Å². The molecule has 3 aliphatic heterocycles.